The standard InChI is InChI=1S/C22H42/c1-3-5-6-8-12-19(11-4-2)21-15-17-22(18-16-21)20-13-9-7-10-14-20/h19-22H,3-18H2,1-2H3. The van der Waals surface area contributed by atoms with Gasteiger partial charge < -0.3 is 0 Å². The van der Waals surface area contributed by atoms with Gasteiger partial charge in [0.1, 0.15) is 0 Å². The molecular weight excluding hydrogens is 264 g/mol. The Bertz CT molecular complexity index is 255. The minimum absolute atomic E-state index is 1.06. The highest BCUT2D eigenvalue weighted by molar-refractivity contribution is 4.82. The molecule has 2 aliphatic carbocycles. The van der Waals surface area contributed by atoms with Crippen molar-refractivity contribution in [3.8, 4) is 0 Å². The van der Waals surface area contributed by atoms with E-state index in [0.717, 1.165) is 23.7 Å². The lowest BCUT2D eigenvalue weighted by atomic mass is 9.67. The highest BCUT2D eigenvalue weighted by Crippen LogP contribution is 2.43. The molecule has 0 aromatic rings. The quantitative estimate of drug-likeness (QED) is 0.382. The van der Waals surface area contributed by atoms with Crippen LogP contribution in [0.1, 0.15) is 117 Å². The van der Waals surface area contributed by atoms with Crippen LogP contribution in [0.2, 0.25) is 0 Å². The molecule has 2 rings (SSSR count). The predicted molar refractivity (Wildman–Crippen MR) is 99.2 cm³/mol. The third-order valence-electron chi connectivity index (χ3n) is 6.89. The maximum atomic E-state index is 2.40. The maximum Gasteiger partial charge on any atom is -0.0386 e. The van der Waals surface area contributed by atoms with Crippen molar-refractivity contribution >= 4 is 0 Å². The van der Waals surface area contributed by atoms with Crippen molar-refractivity contribution in [2.45, 2.75) is 117 Å². The van der Waals surface area contributed by atoms with Gasteiger partial charge in [-0.2, -0.15) is 0 Å². The zero-order valence-electron chi connectivity index (χ0n) is 15.6. The van der Waals surface area contributed by atoms with Crippen LogP contribution in [0.15, 0.2) is 0 Å². The molecule has 0 heterocycles. The molecule has 0 spiro atoms. The molecule has 0 heteroatoms. The second kappa shape index (κ2) is 10.7. The molecule has 130 valence electrons. The van der Waals surface area contributed by atoms with E-state index in [9.17, 15) is 0 Å². The fourth-order valence-electron chi connectivity index (χ4n) is 5.51. The van der Waals surface area contributed by atoms with Crippen molar-refractivity contribution in [2.75, 3.05) is 0 Å². The summed E-state index contributed by atoms with van der Waals surface area (Å²) in [5.41, 5.74) is 0. The van der Waals surface area contributed by atoms with E-state index in [0.29, 0.717) is 0 Å². The fourth-order valence-corrected chi connectivity index (χ4v) is 5.51. The minimum Gasteiger partial charge on any atom is -0.0654 e. The molecular formula is C22H42. The van der Waals surface area contributed by atoms with Gasteiger partial charge in [0, 0.05) is 0 Å². The van der Waals surface area contributed by atoms with Crippen LogP contribution in [0, 0.1) is 23.7 Å². The first-order valence-electron chi connectivity index (χ1n) is 10.8. The van der Waals surface area contributed by atoms with E-state index in [2.05, 4.69) is 13.8 Å². The fraction of sp³-hybridized carbons (Fsp3) is 1.00. The van der Waals surface area contributed by atoms with Gasteiger partial charge in [-0.15, -0.1) is 0 Å². The average molecular weight is 307 g/mol. The molecule has 0 saturated heterocycles. The Labute approximate surface area is 140 Å². The number of hydrogen-bond acceptors (Lipinski definition) is 0. The highest BCUT2D eigenvalue weighted by Gasteiger charge is 2.31. The molecule has 0 N–H and O–H groups in total. The molecule has 2 aliphatic rings. The van der Waals surface area contributed by atoms with Crippen LogP contribution in [0.3, 0.4) is 0 Å². The van der Waals surface area contributed by atoms with E-state index in [-0.39, 0.29) is 0 Å². The van der Waals surface area contributed by atoms with E-state index in [1.165, 1.54) is 64.2 Å². The summed E-state index contributed by atoms with van der Waals surface area (Å²) in [4.78, 5) is 0. The largest absolute Gasteiger partial charge is 0.0654 e. The first-order valence-corrected chi connectivity index (χ1v) is 10.8. The minimum atomic E-state index is 1.06. The maximum absolute atomic E-state index is 2.40. The van der Waals surface area contributed by atoms with E-state index in [1.807, 2.05) is 0 Å². The van der Waals surface area contributed by atoms with Crippen LogP contribution in [0.25, 0.3) is 0 Å². The van der Waals surface area contributed by atoms with Crippen molar-refractivity contribution in [3.05, 3.63) is 0 Å². The zero-order valence-corrected chi connectivity index (χ0v) is 15.6. The molecule has 2 saturated carbocycles. The Kier molecular flexibility index (Phi) is 8.93. The molecule has 1 unspecified atom stereocenters. The molecule has 0 amide bonds. The summed E-state index contributed by atoms with van der Waals surface area (Å²) < 4.78 is 0. The SMILES string of the molecule is CCCCCCC(CCC)C1CCC(C2CCCCC2)CC1. The molecule has 0 nitrogen and oxygen atoms in total. The van der Waals surface area contributed by atoms with E-state index in [1.54, 1.807) is 38.5 Å². The highest BCUT2D eigenvalue weighted by atomic mass is 14.4. The van der Waals surface area contributed by atoms with Crippen LogP contribution in [-0.2, 0) is 0 Å². The van der Waals surface area contributed by atoms with Gasteiger partial charge in [-0.3, -0.25) is 0 Å². The number of unbranched alkanes of at least 4 members (excludes halogenated alkanes) is 3. The lowest BCUT2D eigenvalue weighted by molar-refractivity contribution is 0.130. The lowest BCUT2D eigenvalue weighted by Gasteiger charge is -2.38. The van der Waals surface area contributed by atoms with Gasteiger partial charge in [0.25, 0.3) is 0 Å². The van der Waals surface area contributed by atoms with Crippen LogP contribution >= 0.6 is 0 Å². The van der Waals surface area contributed by atoms with Crippen LogP contribution in [0.4, 0.5) is 0 Å². The number of hydrogen-bond donors (Lipinski definition) is 0. The third kappa shape index (κ3) is 5.89. The van der Waals surface area contributed by atoms with Gasteiger partial charge >= 0.3 is 0 Å². The van der Waals surface area contributed by atoms with Crippen LogP contribution < -0.4 is 0 Å². The van der Waals surface area contributed by atoms with Gasteiger partial charge in [-0.25, -0.2) is 0 Å². The van der Waals surface area contributed by atoms with Crippen LogP contribution in [0.5, 0.6) is 0 Å². The molecule has 0 bridgehead atoms. The van der Waals surface area contributed by atoms with Gasteiger partial charge in [0.2, 0.25) is 0 Å². The van der Waals surface area contributed by atoms with E-state index in [4.69, 9.17) is 0 Å². The summed E-state index contributed by atoms with van der Waals surface area (Å²) >= 11 is 0. The van der Waals surface area contributed by atoms with Crippen LogP contribution in [-0.4, -0.2) is 0 Å². The van der Waals surface area contributed by atoms with E-state index >= 15 is 0 Å². The molecule has 2 fully saturated rings. The summed E-state index contributed by atoms with van der Waals surface area (Å²) in [6, 6.07) is 0. The van der Waals surface area contributed by atoms with Gasteiger partial charge in [0.15, 0.2) is 0 Å². The van der Waals surface area contributed by atoms with Gasteiger partial charge in [-0.1, -0.05) is 90.9 Å². The van der Waals surface area contributed by atoms with Crippen molar-refractivity contribution in [1.29, 1.82) is 0 Å². The summed E-state index contributed by atoms with van der Waals surface area (Å²) in [5.74, 6) is 4.37. The predicted octanol–water partition coefficient (Wildman–Crippen LogP) is 7.76. The summed E-state index contributed by atoms with van der Waals surface area (Å²) in [7, 11) is 0. The Morgan fingerprint density at radius 3 is 1.95 bits per heavy atom. The van der Waals surface area contributed by atoms with Crippen molar-refractivity contribution < 1.29 is 0 Å². The monoisotopic (exact) mass is 306 g/mol. The summed E-state index contributed by atoms with van der Waals surface area (Å²) in [6.07, 6.45) is 24.2. The summed E-state index contributed by atoms with van der Waals surface area (Å²) in [5, 5.41) is 0. The first-order chi connectivity index (χ1) is 10.8. The lowest BCUT2D eigenvalue weighted by Crippen LogP contribution is -2.27. The normalized spacial score (nSPS) is 28.6. The zero-order chi connectivity index (χ0) is 15.6. The Morgan fingerprint density at radius 2 is 1.32 bits per heavy atom. The molecule has 0 aliphatic heterocycles. The molecule has 1 atom stereocenters. The topological polar surface area (TPSA) is 0 Å². The van der Waals surface area contributed by atoms with Crippen molar-refractivity contribution in [3.63, 3.8) is 0 Å². The Morgan fingerprint density at radius 1 is 0.636 bits per heavy atom. The third-order valence-corrected chi connectivity index (χ3v) is 6.89. The van der Waals surface area contributed by atoms with Gasteiger partial charge in [0.05, 0.1) is 0 Å². The summed E-state index contributed by atoms with van der Waals surface area (Å²) in [6.45, 7) is 4.72. The molecule has 0 radical (unpaired) electrons. The van der Waals surface area contributed by atoms with Gasteiger partial charge in [-0.05, 0) is 49.4 Å². The second-order valence-electron chi connectivity index (χ2n) is 8.47. The number of rotatable bonds is 9. The Balaban J connectivity index is 1.71. The van der Waals surface area contributed by atoms with Crippen molar-refractivity contribution in [1.82, 2.24) is 0 Å². The smallest absolute Gasteiger partial charge is 0.0386 e. The van der Waals surface area contributed by atoms with E-state index < -0.39 is 0 Å². The average Bonchev–Trinajstić information content (AvgIpc) is 2.59. The molecule has 0 aromatic heterocycles. The molecule has 0 aromatic carbocycles. The molecule has 22 heavy (non-hydrogen) atoms. The second-order valence-corrected chi connectivity index (χ2v) is 8.47. The Hall–Kier alpha value is 0. The first kappa shape index (κ1) is 18.3. The van der Waals surface area contributed by atoms with Crippen molar-refractivity contribution in [2.24, 2.45) is 23.7 Å².